The molecule has 17 heavy (non-hydrogen) atoms. The molecular formula is C12H14O4S. The molecule has 0 fully saturated rings. The summed E-state index contributed by atoms with van der Waals surface area (Å²) in [5, 5.41) is 10.9. The Balaban J connectivity index is 3.27. The van der Waals surface area contributed by atoms with Gasteiger partial charge in [-0.05, 0) is 30.9 Å². The van der Waals surface area contributed by atoms with Crippen LogP contribution >= 0.6 is 11.3 Å². The van der Waals surface area contributed by atoms with Gasteiger partial charge in [0.2, 0.25) is 0 Å². The largest absolute Gasteiger partial charge is 0.481 e. The molecule has 5 heteroatoms. The number of carbonyl (C=O) groups excluding carboxylic acids is 1. The van der Waals surface area contributed by atoms with Crippen LogP contribution in [0.25, 0.3) is 5.57 Å². The van der Waals surface area contributed by atoms with Gasteiger partial charge in [-0.25, -0.2) is 4.79 Å². The Morgan fingerprint density at radius 2 is 2.12 bits per heavy atom. The predicted octanol–water partition coefficient (Wildman–Crippen LogP) is 2.42. The fourth-order valence-corrected chi connectivity index (χ4v) is 2.26. The summed E-state index contributed by atoms with van der Waals surface area (Å²) < 4.78 is 4.65. The summed E-state index contributed by atoms with van der Waals surface area (Å²) in [6, 6.07) is 3.70. The van der Waals surface area contributed by atoms with Crippen LogP contribution in [-0.2, 0) is 14.3 Å². The lowest BCUT2D eigenvalue weighted by Crippen LogP contribution is -2.20. The van der Waals surface area contributed by atoms with Crippen LogP contribution in [0.5, 0.6) is 0 Å². The summed E-state index contributed by atoms with van der Waals surface area (Å²) >= 11 is 1.46. The van der Waals surface area contributed by atoms with E-state index in [0.717, 1.165) is 4.88 Å². The zero-order valence-electron chi connectivity index (χ0n) is 9.89. The molecule has 0 radical (unpaired) electrons. The van der Waals surface area contributed by atoms with Crippen LogP contribution in [0.2, 0.25) is 0 Å². The highest BCUT2D eigenvalue weighted by Gasteiger charge is 2.26. The average Bonchev–Trinajstić information content (AvgIpc) is 2.81. The van der Waals surface area contributed by atoms with Crippen molar-refractivity contribution in [1.29, 1.82) is 0 Å². The Bertz CT molecular complexity index is 445. The quantitative estimate of drug-likeness (QED) is 0.662. The van der Waals surface area contributed by atoms with E-state index in [9.17, 15) is 9.59 Å². The van der Waals surface area contributed by atoms with E-state index in [1.165, 1.54) is 25.4 Å². The van der Waals surface area contributed by atoms with Crippen LogP contribution in [0, 0.1) is 5.92 Å². The highest BCUT2D eigenvalue weighted by atomic mass is 32.1. The molecule has 0 amide bonds. The van der Waals surface area contributed by atoms with Gasteiger partial charge in [0.1, 0.15) is 0 Å². The Hall–Kier alpha value is -1.62. The molecule has 1 unspecified atom stereocenters. The number of thiophene rings is 1. The fourth-order valence-electron chi connectivity index (χ4n) is 1.51. The highest BCUT2D eigenvalue weighted by molar-refractivity contribution is 7.11. The number of carbonyl (C=O) groups is 2. The Morgan fingerprint density at radius 1 is 1.47 bits per heavy atom. The lowest BCUT2D eigenvalue weighted by molar-refractivity contribution is -0.144. The summed E-state index contributed by atoms with van der Waals surface area (Å²) in [5.41, 5.74) is 0.851. The minimum absolute atomic E-state index is 0.197. The van der Waals surface area contributed by atoms with Gasteiger partial charge in [0, 0.05) is 4.88 Å². The van der Waals surface area contributed by atoms with Crippen molar-refractivity contribution in [3.05, 3.63) is 28.0 Å². The van der Waals surface area contributed by atoms with Crippen molar-refractivity contribution in [1.82, 2.24) is 0 Å². The molecule has 1 heterocycles. The van der Waals surface area contributed by atoms with Crippen LogP contribution in [0.4, 0.5) is 0 Å². The number of aliphatic carboxylic acids is 1. The Kier molecular flexibility index (Phi) is 4.45. The lowest BCUT2D eigenvalue weighted by Gasteiger charge is -2.13. The summed E-state index contributed by atoms with van der Waals surface area (Å²) in [7, 11) is 1.25. The third-order valence-corrected chi connectivity index (χ3v) is 3.49. The van der Waals surface area contributed by atoms with E-state index in [2.05, 4.69) is 4.74 Å². The van der Waals surface area contributed by atoms with Gasteiger partial charge in [-0.3, -0.25) is 4.79 Å². The van der Waals surface area contributed by atoms with Gasteiger partial charge in [-0.15, -0.1) is 11.3 Å². The maximum Gasteiger partial charge on any atom is 0.334 e. The van der Waals surface area contributed by atoms with Crippen LogP contribution in [0.1, 0.15) is 18.7 Å². The van der Waals surface area contributed by atoms with Gasteiger partial charge < -0.3 is 9.84 Å². The molecule has 92 valence electrons. The summed E-state index contributed by atoms with van der Waals surface area (Å²) in [6.07, 6.45) is 0. The van der Waals surface area contributed by atoms with Crippen LogP contribution < -0.4 is 0 Å². The topological polar surface area (TPSA) is 63.6 Å². The second kappa shape index (κ2) is 5.63. The monoisotopic (exact) mass is 254 g/mol. The number of carboxylic acid groups (broad SMARTS) is 1. The standard InChI is InChI=1S/C12H14O4S/c1-7(9-5-4-6-17-9)10(12(15)16-3)8(2)11(13)14/h4-6,8H,1-3H3,(H,13,14)/b10-7+. The van der Waals surface area contributed by atoms with E-state index in [4.69, 9.17) is 5.11 Å². The van der Waals surface area contributed by atoms with E-state index < -0.39 is 17.9 Å². The van der Waals surface area contributed by atoms with Crippen molar-refractivity contribution in [3.8, 4) is 0 Å². The number of methoxy groups -OCH3 is 1. The molecule has 0 aliphatic carbocycles. The first-order chi connectivity index (χ1) is 7.99. The van der Waals surface area contributed by atoms with Gasteiger partial charge in [0.15, 0.2) is 0 Å². The van der Waals surface area contributed by atoms with Crippen molar-refractivity contribution in [2.75, 3.05) is 7.11 Å². The second-order valence-electron chi connectivity index (χ2n) is 3.57. The molecule has 1 N–H and O–H groups in total. The predicted molar refractivity (Wildman–Crippen MR) is 65.7 cm³/mol. The Labute approximate surface area is 104 Å². The van der Waals surface area contributed by atoms with Crippen molar-refractivity contribution in [3.63, 3.8) is 0 Å². The van der Waals surface area contributed by atoms with Gasteiger partial charge in [0.25, 0.3) is 0 Å². The minimum atomic E-state index is -1.04. The summed E-state index contributed by atoms with van der Waals surface area (Å²) in [4.78, 5) is 23.5. The molecule has 0 saturated carbocycles. The first-order valence-corrected chi connectivity index (χ1v) is 5.92. The zero-order chi connectivity index (χ0) is 13.0. The second-order valence-corrected chi connectivity index (χ2v) is 4.52. The van der Waals surface area contributed by atoms with Gasteiger partial charge in [-0.1, -0.05) is 6.07 Å². The van der Waals surface area contributed by atoms with Crippen molar-refractivity contribution in [2.24, 2.45) is 5.92 Å². The van der Waals surface area contributed by atoms with E-state index >= 15 is 0 Å². The van der Waals surface area contributed by atoms with Gasteiger partial charge in [-0.2, -0.15) is 0 Å². The smallest absolute Gasteiger partial charge is 0.334 e. The number of allylic oxidation sites excluding steroid dienone is 1. The van der Waals surface area contributed by atoms with Gasteiger partial charge in [0.05, 0.1) is 18.6 Å². The highest BCUT2D eigenvalue weighted by Crippen LogP contribution is 2.27. The van der Waals surface area contributed by atoms with Gasteiger partial charge >= 0.3 is 11.9 Å². The Morgan fingerprint density at radius 3 is 2.53 bits per heavy atom. The van der Waals surface area contributed by atoms with Crippen LogP contribution in [0.3, 0.4) is 0 Å². The van der Waals surface area contributed by atoms with Crippen molar-refractivity contribution in [2.45, 2.75) is 13.8 Å². The molecule has 0 aliphatic rings. The molecule has 1 aromatic rings. The number of hydrogen-bond acceptors (Lipinski definition) is 4. The SMILES string of the molecule is COC(=O)/C(=C(\C)c1cccs1)C(C)C(=O)O. The summed E-state index contributed by atoms with van der Waals surface area (Å²) in [6.45, 7) is 3.21. The molecule has 0 aromatic carbocycles. The maximum absolute atomic E-state index is 11.7. The maximum atomic E-state index is 11.7. The van der Waals surface area contributed by atoms with E-state index in [-0.39, 0.29) is 5.57 Å². The minimum Gasteiger partial charge on any atom is -0.481 e. The molecular weight excluding hydrogens is 240 g/mol. The van der Waals surface area contributed by atoms with E-state index in [1.54, 1.807) is 6.92 Å². The molecule has 1 rings (SSSR count). The third kappa shape index (κ3) is 2.94. The number of rotatable bonds is 4. The van der Waals surface area contributed by atoms with Crippen molar-refractivity contribution >= 4 is 28.8 Å². The number of esters is 1. The number of carboxylic acids is 1. The first kappa shape index (κ1) is 13.4. The summed E-state index contributed by atoms with van der Waals surface area (Å²) in [5.74, 6) is -2.52. The molecule has 1 aromatic heterocycles. The molecule has 0 bridgehead atoms. The average molecular weight is 254 g/mol. The van der Waals surface area contributed by atoms with Crippen LogP contribution in [0.15, 0.2) is 23.1 Å². The fraction of sp³-hybridized carbons (Fsp3) is 0.333. The number of ether oxygens (including phenoxy) is 1. The van der Waals surface area contributed by atoms with Crippen molar-refractivity contribution < 1.29 is 19.4 Å². The zero-order valence-corrected chi connectivity index (χ0v) is 10.7. The van der Waals surface area contributed by atoms with Crippen LogP contribution in [-0.4, -0.2) is 24.2 Å². The lowest BCUT2D eigenvalue weighted by atomic mass is 9.95. The number of hydrogen-bond donors (Lipinski definition) is 1. The third-order valence-electron chi connectivity index (χ3n) is 2.50. The van der Waals surface area contributed by atoms with E-state index in [1.807, 2.05) is 17.5 Å². The molecule has 0 spiro atoms. The molecule has 4 nitrogen and oxygen atoms in total. The molecule has 0 aliphatic heterocycles. The molecule has 0 saturated heterocycles. The first-order valence-electron chi connectivity index (χ1n) is 5.04. The van der Waals surface area contributed by atoms with E-state index in [0.29, 0.717) is 5.57 Å². The molecule has 1 atom stereocenters. The normalized spacial score (nSPS) is 13.8.